The fourth-order valence-electron chi connectivity index (χ4n) is 2.94. The first-order valence-corrected chi connectivity index (χ1v) is 21.0. The Kier molecular flexibility index (Phi) is 12.0. The first-order chi connectivity index (χ1) is 13.6. The monoisotopic (exact) mass is 618 g/mol. The Morgan fingerprint density at radius 2 is 2.29 bits per heavy atom. The van der Waals surface area contributed by atoms with Gasteiger partial charge in [0.05, 0.1) is 0 Å². The van der Waals surface area contributed by atoms with Gasteiger partial charge in [0.2, 0.25) is 0 Å². The van der Waals surface area contributed by atoms with Gasteiger partial charge in [-0.15, -0.1) is 0 Å². The number of pyridine rings is 1. The summed E-state index contributed by atoms with van der Waals surface area (Å²) >= 11 is -0.885. The van der Waals surface area contributed by atoms with Gasteiger partial charge in [-0.05, 0) is 0 Å². The molecule has 8 heteroatoms. The van der Waals surface area contributed by atoms with Gasteiger partial charge in [0.1, 0.15) is 0 Å². The van der Waals surface area contributed by atoms with E-state index in [0.29, 0.717) is 6.42 Å². The van der Waals surface area contributed by atoms with Crippen molar-refractivity contribution in [2.24, 2.45) is 5.73 Å². The number of nitrogens with one attached hydrogen (secondary N) is 1. The van der Waals surface area contributed by atoms with Crippen LogP contribution >= 0.6 is 15.8 Å². The number of ether oxygens (including phenoxy) is 1. The number of carboxylic acid groups (broad SMARTS) is 1. The van der Waals surface area contributed by atoms with Crippen molar-refractivity contribution in [2.75, 3.05) is 38.4 Å². The molecule has 0 fully saturated rings. The quantitative estimate of drug-likeness (QED) is 0.156. The zero-order chi connectivity index (χ0) is 20.2. The van der Waals surface area contributed by atoms with Crippen LogP contribution in [0.2, 0.25) is 0 Å². The Balaban J connectivity index is 1.73. The van der Waals surface area contributed by atoms with E-state index < -0.39 is 27.9 Å². The maximum atomic E-state index is 11.0. The Bertz CT molecular complexity index is 604. The van der Waals surface area contributed by atoms with Crippen molar-refractivity contribution in [1.82, 2.24) is 4.98 Å². The van der Waals surface area contributed by atoms with E-state index in [9.17, 15) is 4.79 Å². The molecule has 28 heavy (non-hydrogen) atoms. The molecule has 0 unspecified atom stereocenters. The van der Waals surface area contributed by atoms with Crippen LogP contribution in [0, 0.1) is 0 Å². The van der Waals surface area contributed by atoms with Gasteiger partial charge in [-0.1, -0.05) is 0 Å². The molecule has 6 nitrogen and oxygen atoms in total. The molecule has 1 aromatic rings. The first kappa shape index (κ1) is 24.1. The number of hydrogen-bond acceptors (Lipinski definition) is 5. The first-order valence-electron chi connectivity index (χ1n) is 10.1. The number of hydrogen-bond donors (Lipinski definition) is 3. The number of aryl methyl sites for hydroxylation is 2. The molecule has 2 heterocycles. The van der Waals surface area contributed by atoms with E-state index in [0.717, 1.165) is 42.8 Å². The second-order valence-electron chi connectivity index (χ2n) is 6.79. The molecular weight excluding hydrogens is 584 g/mol. The summed E-state index contributed by atoms with van der Waals surface area (Å²) in [5.74, 6) is 0.220. The fraction of sp³-hybridized carbons (Fsp3) is 0.700. The number of carboxylic acids is 1. The van der Waals surface area contributed by atoms with E-state index >= 15 is 0 Å². The SMILES string of the molecule is CCOCC[I-]I(CCCCc1ccc2c(n1)NCCC2)CC[C@H](N)C(=O)O. The molecule has 0 saturated carbocycles. The number of rotatable bonds is 14. The van der Waals surface area contributed by atoms with Gasteiger partial charge in [-0.3, -0.25) is 0 Å². The summed E-state index contributed by atoms with van der Waals surface area (Å²) in [6.07, 6.45) is 6.40. The van der Waals surface area contributed by atoms with Crippen molar-refractivity contribution in [2.45, 2.75) is 51.5 Å². The van der Waals surface area contributed by atoms with Gasteiger partial charge in [0.25, 0.3) is 0 Å². The van der Waals surface area contributed by atoms with E-state index in [1.54, 1.807) is 0 Å². The Morgan fingerprint density at radius 1 is 1.43 bits per heavy atom. The van der Waals surface area contributed by atoms with Crippen molar-refractivity contribution in [3.05, 3.63) is 23.4 Å². The zero-order valence-corrected chi connectivity index (χ0v) is 21.1. The number of halogens is 2. The summed E-state index contributed by atoms with van der Waals surface area (Å²) < 4.78 is 9.10. The van der Waals surface area contributed by atoms with Crippen molar-refractivity contribution >= 4 is 27.6 Å². The summed E-state index contributed by atoms with van der Waals surface area (Å²) in [6.45, 7) is 4.71. The number of anilines is 1. The molecule has 1 atom stereocenters. The number of nitrogens with zero attached hydrogens (tertiary/aromatic N) is 1. The summed E-state index contributed by atoms with van der Waals surface area (Å²) in [6, 6.07) is 3.72. The molecule has 0 amide bonds. The predicted molar refractivity (Wildman–Crippen MR) is 119 cm³/mol. The van der Waals surface area contributed by atoms with Gasteiger partial charge in [0, 0.05) is 0 Å². The van der Waals surface area contributed by atoms with Crippen LogP contribution in [0.15, 0.2) is 12.1 Å². The molecule has 2 rings (SSSR count). The Hall–Kier alpha value is -0.200. The summed E-state index contributed by atoms with van der Waals surface area (Å²) in [7, 11) is 0. The average Bonchev–Trinajstić information content (AvgIpc) is 2.71. The van der Waals surface area contributed by atoms with Crippen molar-refractivity contribution < 1.29 is 31.9 Å². The molecule has 0 aliphatic carbocycles. The van der Waals surface area contributed by atoms with Crippen LogP contribution in [-0.2, 0) is 22.4 Å². The third-order valence-corrected chi connectivity index (χ3v) is 23.6. The van der Waals surface area contributed by atoms with Crippen molar-refractivity contribution in [3.8, 4) is 0 Å². The number of aliphatic carboxylic acids is 1. The summed E-state index contributed by atoms with van der Waals surface area (Å²) in [5.41, 5.74) is 8.26. The van der Waals surface area contributed by atoms with Gasteiger partial charge in [0.15, 0.2) is 0 Å². The number of alkyl halides is 3. The second kappa shape index (κ2) is 13.9. The second-order valence-corrected chi connectivity index (χ2v) is 24.4. The van der Waals surface area contributed by atoms with Crippen LogP contribution < -0.4 is 28.3 Å². The zero-order valence-electron chi connectivity index (χ0n) is 16.8. The van der Waals surface area contributed by atoms with Crippen LogP contribution in [0.3, 0.4) is 0 Å². The maximum absolute atomic E-state index is 11.0. The van der Waals surface area contributed by atoms with Gasteiger partial charge in [-0.2, -0.15) is 0 Å². The van der Waals surface area contributed by atoms with E-state index in [1.807, 2.05) is 6.92 Å². The number of unbranched alkanes of at least 4 members (excludes halogenated alkanes) is 1. The minimum absolute atomic E-state index is 0.172. The molecule has 0 radical (unpaired) electrons. The van der Waals surface area contributed by atoms with E-state index in [2.05, 4.69) is 17.4 Å². The molecule has 0 spiro atoms. The number of nitrogens with two attached hydrogens (primary N) is 1. The van der Waals surface area contributed by atoms with Crippen molar-refractivity contribution in [1.29, 1.82) is 0 Å². The minimum atomic E-state index is -1.06. The Morgan fingerprint density at radius 3 is 3.07 bits per heavy atom. The molecule has 1 aliphatic rings. The van der Waals surface area contributed by atoms with Crippen molar-refractivity contribution in [3.63, 3.8) is 0 Å². The third-order valence-electron chi connectivity index (χ3n) is 4.56. The third kappa shape index (κ3) is 9.08. The molecule has 162 valence electrons. The van der Waals surface area contributed by atoms with Gasteiger partial charge in [-0.25, -0.2) is 0 Å². The predicted octanol–water partition coefficient (Wildman–Crippen LogP) is 0.111. The molecule has 4 N–H and O–H groups in total. The van der Waals surface area contributed by atoms with Crippen LogP contribution in [0.4, 0.5) is 5.82 Å². The standard InChI is InChI=1S/C20H34I2N3O3/c1-2-28-15-11-21-22(13-10-18(23)20(26)27)12-4-3-7-17-9-8-16-6-5-14-24-19(16)25-17/h8-9,18H,2-7,10-15,23H2,1H3,(H,24,25)(H,26,27)/q-1/t18-/m0/s1. The van der Waals surface area contributed by atoms with E-state index in [1.165, 1.54) is 39.4 Å². The average molecular weight is 618 g/mol. The van der Waals surface area contributed by atoms with Crippen LogP contribution in [0.5, 0.6) is 0 Å². The molecule has 1 aliphatic heterocycles. The molecule has 0 aromatic carbocycles. The van der Waals surface area contributed by atoms with Crippen LogP contribution in [0.1, 0.15) is 43.9 Å². The number of fused-ring (bicyclic) bond motifs is 1. The fourth-order valence-corrected chi connectivity index (χ4v) is 20.2. The normalized spacial score (nSPS) is 15.0. The molecular formula is C20H34I2N3O3-. The topological polar surface area (TPSA) is 97.5 Å². The van der Waals surface area contributed by atoms with Crippen LogP contribution in [0.25, 0.3) is 0 Å². The van der Waals surface area contributed by atoms with Gasteiger partial charge < -0.3 is 0 Å². The van der Waals surface area contributed by atoms with Gasteiger partial charge >= 0.3 is 183 Å². The Labute approximate surface area is 182 Å². The number of carbonyl (C=O) groups is 1. The van der Waals surface area contributed by atoms with E-state index in [-0.39, 0.29) is 17.2 Å². The molecule has 1 aromatic heterocycles. The van der Waals surface area contributed by atoms with Crippen LogP contribution in [-0.4, -0.2) is 55.1 Å². The molecule has 0 bridgehead atoms. The summed E-state index contributed by atoms with van der Waals surface area (Å²) in [4.78, 5) is 15.8. The molecule has 0 saturated heterocycles. The van der Waals surface area contributed by atoms with E-state index in [4.69, 9.17) is 20.6 Å². The number of aromatic nitrogens is 1. The summed E-state index contributed by atoms with van der Waals surface area (Å²) in [5, 5.41) is 12.4.